The Balaban J connectivity index is 1.86. The van der Waals surface area contributed by atoms with Gasteiger partial charge in [-0.2, -0.15) is 5.10 Å². The van der Waals surface area contributed by atoms with Crippen LogP contribution < -0.4 is 10.7 Å². The number of rotatable bonds is 6. The Hall–Kier alpha value is -2.40. The average Bonchev–Trinajstić information content (AvgIpc) is 2.60. The Morgan fingerprint density at radius 3 is 2.46 bits per heavy atom. The molecule has 0 spiro atoms. The van der Waals surface area contributed by atoms with Crippen molar-refractivity contribution in [3.8, 4) is 0 Å². The van der Waals surface area contributed by atoms with Gasteiger partial charge in [-0.1, -0.05) is 52.3 Å². The number of allylic oxidation sites excluding steroid dienone is 1. The largest absolute Gasteiger partial charge is 0.374 e. The summed E-state index contributed by atoms with van der Waals surface area (Å²) in [7, 11) is 0. The molecular formula is C19H20BrN3O. The number of halogens is 1. The van der Waals surface area contributed by atoms with E-state index in [1.165, 1.54) is 0 Å². The highest BCUT2D eigenvalue weighted by Gasteiger charge is 2.11. The van der Waals surface area contributed by atoms with Crippen LogP contribution in [-0.2, 0) is 4.79 Å². The van der Waals surface area contributed by atoms with Crippen molar-refractivity contribution in [1.82, 2.24) is 5.43 Å². The summed E-state index contributed by atoms with van der Waals surface area (Å²) < 4.78 is 0.996. The van der Waals surface area contributed by atoms with E-state index in [0.29, 0.717) is 0 Å². The average molecular weight is 386 g/mol. The van der Waals surface area contributed by atoms with Gasteiger partial charge in [-0.25, -0.2) is 5.43 Å². The molecule has 0 aliphatic rings. The van der Waals surface area contributed by atoms with Crippen LogP contribution in [0.4, 0.5) is 5.69 Å². The number of anilines is 1. The summed E-state index contributed by atoms with van der Waals surface area (Å²) in [5.41, 5.74) is 5.27. The predicted octanol–water partition coefficient (Wildman–Crippen LogP) is 4.46. The summed E-state index contributed by atoms with van der Waals surface area (Å²) >= 11 is 3.38. The molecule has 0 radical (unpaired) electrons. The molecule has 2 aromatic rings. The first-order valence-electron chi connectivity index (χ1n) is 7.64. The van der Waals surface area contributed by atoms with E-state index in [1.54, 1.807) is 6.92 Å². The zero-order chi connectivity index (χ0) is 17.4. The molecule has 0 saturated heterocycles. The smallest absolute Gasteiger partial charge is 0.262 e. The molecule has 2 N–H and O–H groups in total. The van der Waals surface area contributed by atoms with Crippen LogP contribution in [0.2, 0.25) is 0 Å². The topological polar surface area (TPSA) is 53.5 Å². The molecule has 0 aliphatic heterocycles. The number of benzene rings is 2. The summed E-state index contributed by atoms with van der Waals surface area (Å²) in [6.07, 6.45) is 3.82. The lowest BCUT2D eigenvalue weighted by Crippen LogP contribution is -2.35. The minimum absolute atomic E-state index is 0.189. The molecule has 0 bridgehead atoms. The maximum absolute atomic E-state index is 12.1. The van der Waals surface area contributed by atoms with Crippen LogP contribution in [0, 0.1) is 0 Å². The van der Waals surface area contributed by atoms with Crippen molar-refractivity contribution in [3.05, 3.63) is 70.7 Å². The predicted molar refractivity (Wildman–Crippen MR) is 104 cm³/mol. The summed E-state index contributed by atoms with van der Waals surface area (Å²) in [4.78, 5) is 12.1. The van der Waals surface area contributed by atoms with Gasteiger partial charge in [0, 0.05) is 10.2 Å². The molecule has 0 fully saturated rings. The second kappa shape index (κ2) is 9.03. The number of carbonyl (C=O) groups is 1. The second-order valence-corrected chi connectivity index (χ2v) is 6.26. The van der Waals surface area contributed by atoms with Gasteiger partial charge in [0.15, 0.2) is 0 Å². The number of hydrazone groups is 1. The van der Waals surface area contributed by atoms with Crippen molar-refractivity contribution in [2.75, 3.05) is 5.32 Å². The zero-order valence-electron chi connectivity index (χ0n) is 13.7. The molecule has 2 rings (SSSR count). The number of carbonyl (C=O) groups excluding carboxylic acids is 1. The first kappa shape index (κ1) is 17.9. The number of nitrogens with one attached hydrogen (secondary N) is 2. The molecule has 1 amide bonds. The Morgan fingerprint density at radius 1 is 1.12 bits per heavy atom. The van der Waals surface area contributed by atoms with Crippen LogP contribution in [0.25, 0.3) is 6.08 Å². The van der Waals surface area contributed by atoms with E-state index in [2.05, 4.69) is 31.8 Å². The van der Waals surface area contributed by atoms with Crippen molar-refractivity contribution in [2.45, 2.75) is 19.9 Å². The summed E-state index contributed by atoms with van der Waals surface area (Å²) in [6, 6.07) is 17.2. The van der Waals surface area contributed by atoms with Gasteiger partial charge >= 0.3 is 0 Å². The highest BCUT2D eigenvalue weighted by atomic mass is 79.9. The fourth-order valence-electron chi connectivity index (χ4n) is 1.92. The molecule has 0 aromatic heterocycles. The molecule has 2 aromatic carbocycles. The Kier molecular flexibility index (Phi) is 6.75. The van der Waals surface area contributed by atoms with E-state index in [9.17, 15) is 4.79 Å². The molecule has 124 valence electrons. The van der Waals surface area contributed by atoms with Crippen LogP contribution in [0.15, 0.2) is 70.2 Å². The molecule has 24 heavy (non-hydrogen) atoms. The normalized spacial score (nSPS) is 12.9. The van der Waals surface area contributed by atoms with Crippen LogP contribution >= 0.6 is 15.9 Å². The lowest BCUT2D eigenvalue weighted by molar-refractivity contribution is -0.121. The van der Waals surface area contributed by atoms with E-state index in [-0.39, 0.29) is 11.9 Å². The first-order valence-corrected chi connectivity index (χ1v) is 8.43. The third-order valence-electron chi connectivity index (χ3n) is 3.28. The molecule has 0 aliphatic carbocycles. The van der Waals surface area contributed by atoms with Crippen molar-refractivity contribution in [3.63, 3.8) is 0 Å². The monoisotopic (exact) mass is 385 g/mol. The number of amides is 1. The van der Waals surface area contributed by atoms with Crippen LogP contribution in [0.5, 0.6) is 0 Å². The molecule has 0 heterocycles. The minimum Gasteiger partial charge on any atom is -0.374 e. The lowest BCUT2D eigenvalue weighted by Gasteiger charge is -2.13. The number of hydrogen-bond donors (Lipinski definition) is 2. The fraction of sp³-hybridized carbons (Fsp3) is 0.158. The molecule has 0 unspecified atom stereocenters. The summed E-state index contributed by atoms with van der Waals surface area (Å²) in [6.45, 7) is 3.63. The van der Waals surface area contributed by atoms with Gasteiger partial charge in [0.1, 0.15) is 6.04 Å². The van der Waals surface area contributed by atoms with Crippen LogP contribution in [-0.4, -0.2) is 17.7 Å². The summed E-state index contributed by atoms with van der Waals surface area (Å²) in [5, 5.41) is 7.23. The second-order valence-electron chi connectivity index (χ2n) is 5.35. The third-order valence-corrected chi connectivity index (χ3v) is 3.81. The SMILES string of the molecule is CC(/C=C/c1ccccc1)=N/NC(=O)[C@@H](C)Nc1ccc(Br)cc1. The third kappa shape index (κ3) is 6.01. The first-order chi connectivity index (χ1) is 11.5. The quantitative estimate of drug-likeness (QED) is 0.569. The van der Waals surface area contributed by atoms with Gasteiger partial charge in [0.05, 0.1) is 5.71 Å². The van der Waals surface area contributed by atoms with Gasteiger partial charge in [0.25, 0.3) is 5.91 Å². The highest BCUT2D eigenvalue weighted by molar-refractivity contribution is 9.10. The van der Waals surface area contributed by atoms with Gasteiger partial charge in [-0.15, -0.1) is 0 Å². The highest BCUT2D eigenvalue weighted by Crippen LogP contribution is 2.14. The van der Waals surface area contributed by atoms with E-state index in [0.717, 1.165) is 21.4 Å². The van der Waals surface area contributed by atoms with Crippen LogP contribution in [0.3, 0.4) is 0 Å². The van der Waals surface area contributed by atoms with Crippen molar-refractivity contribution < 1.29 is 4.79 Å². The van der Waals surface area contributed by atoms with Crippen molar-refractivity contribution in [2.24, 2.45) is 5.10 Å². The van der Waals surface area contributed by atoms with Crippen molar-refractivity contribution in [1.29, 1.82) is 0 Å². The molecule has 5 heteroatoms. The Bertz CT molecular complexity index is 724. The van der Waals surface area contributed by atoms with Gasteiger partial charge < -0.3 is 5.32 Å². The molecular weight excluding hydrogens is 366 g/mol. The summed E-state index contributed by atoms with van der Waals surface area (Å²) in [5.74, 6) is -0.189. The molecule has 1 atom stereocenters. The van der Waals surface area contributed by atoms with E-state index < -0.39 is 0 Å². The van der Waals surface area contributed by atoms with E-state index in [1.807, 2.05) is 73.7 Å². The molecule has 4 nitrogen and oxygen atoms in total. The Labute approximate surface area is 150 Å². The maximum atomic E-state index is 12.1. The minimum atomic E-state index is -0.388. The van der Waals surface area contributed by atoms with Crippen molar-refractivity contribution >= 4 is 39.3 Å². The Morgan fingerprint density at radius 2 is 1.79 bits per heavy atom. The maximum Gasteiger partial charge on any atom is 0.262 e. The van der Waals surface area contributed by atoms with Gasteiger partial charge in [-0.05, 0) is 49.8 Å². The van der Waals surface area contributed by atoms with Gasteiger partial charge in [-0.3, -0.25) is 4.79 Å². The number of hydrogen-bond acceptors (Lipinski definition) is 3. The molecule has 0 saturated carbocycles. The van der Waals surface area contributed by atoms with Gasteiger partial charge in [0.2, 0.25) is 0 Å². The standard InChI is InChI=1S/C19H20BrN3O/c1-14(8-9-16-6-4-3-5-7-16)22-23-19(24)15(2)21-18-12-10-17(20)11-13-18/h3-13,15,21H,1-2H3,(H,23,24)/b9-8+,22-14-/t15-/m1/s1. The van der Waals surface area contributed by atoms with E-state index in [4.69, 9.17) is 0 Å². The zero-order valence-corrected chi connectivity index (χ0v) is 15.2. The number of nitrogens with zero attached hydrogens (tertiary/aromatic N) is 1. The lowest BCUT2D eigenvalue weighted by atomic mass is 10.2. The van der Waals surface area contributed by atoms with E-state index >= 15 is 0 Å². The van der Waals surface area contributed by atoms with Crippen LogP contribution in [0.1, 0.15) is 19.4 Å². The fourth-order valence-corrected chi connectivity index (χ4v) is 2.18.